The highest BCUT2D eigenvalue weighted by atomic mass is 28.4. The maximum atomic E-state index is 12.1. The predicted octanol–water partition coefficient (Wildman–Crippen LogP) is 1.35. The van der Waals surface area contributed by atoms with Gasteiger partial charge in [0.2, 0.25) is 0 Å². The number of esters is 1. The van der Waals surface area contributed by atoms with E-state index >= 15 is 0 Å². The molecule has 0 spiro atoms. The second kappa shape index (κ2) is 15.4. The molecule has 0 aromatic heterocycles. The Hall–Kier alpha value is -0.813. The number of methoxy groups -OCH3 is 3. The van der Waals surface area contributed by atoms with E-state index in [0.717, 1.165) is 6.42 Å². The Morgan fingerprint density at radius 3 is 1.60 bits per heavy atom. The van der Waals surface area contributed by atoms with Gasteiger partial charge in [-0.2, -0.15) is 0 Å². The van der Waals surface area contributed by atoms with Gasteiger partial charge in [-0.1, -0.05) is 6.92 Å². The summed E-state index contributed by atoms with van der Waals surface area (Å²) in [6.45, 7) is 5.90. The lowest BCUT2D eigenvalue weighted by molar-refractivity contribution is -0.139. The molecule has 0 aromatic rings. The summed E-state index contributed by atoms with van der Waals surface area (Å²) in [5, 5.41) is 0. The smallest absolute Gasteiger partial charge is 0.462 e. The van der Waals surface area contributed by atoms with Gasteiger partial charge < -0.3 is 32.2 Å². The van der Waals surface area contributed by atoms with Crippen LogP contribution in [0.1, 0.15) is 20.3 Å². The molecule has 0 aliphatic carbocycles. The molecule has 0 aromatic carbocycles. The van der Waals surface area contributed by atoms with Crippen molar-refractivity contribution >= 4 is 14.8 Å². The maximum Gasteiger partial charge on any atom is 0.530 e. The summed E-state index contributed by atoms with van der Waals surface area (Å²) in [6.07, 6.45) is 0.751. The molecule has 0 aliphatic rings. The van der Waals surface area contributed by atoms with Crippen molar-refractivity contribution in [1.82, 2.24) is 0 Å². The minimum absolute atomic E-state index is 0.274. The first-order valence-electron chi connectivity index (χ1n) is 8.30. The molecule has 0 saturated carbocycles. The van der Waals surface area contributed by atoms with Crippen molar-refractivity contribution in [3.8, 4) is 0 Å². The number of ether oxygens (including phenoxy) is 4. The number of hydrogen-bond acceptors (Lipinski definition) is 8. The molecule has 0 bridgehead atoms. The van der Waals surface area contributed by atoms with Gasteiger partial charge in [-0.3, -0.25) is 0 Å². The third-order valence-corrected chi connectivity index (χ3v) is 5.53. The van der Waals surface area contributed by atoms with Gasteiger partial charge in [0.25, 0.3) is 0 Å². The van der Waals surface area contributed by atoms with Crippen molar-refractivity contribution in [1.29, 1.82) is 0 Å². The fourth-order valence-electron chi connectivity index (χ4n) is 1.68. The van der Waals surface area contributed by atoms with Crippen molar-refractivity contribution in [2.75, 3.05) is 67.6 Å². The zero-order valence-corrected chi connectivity index (χ0v) is 17.0. The van der Waals surface area contributed by atoms with Gasteiger partial charge in [-0.15, -0.1) is 0 Å². The highest BCUT2D eigenvalue weighted by Crippen LogP contribution is 2.16. The molecule has 0 rings (SSSR count). The van der Waals surface area contributed by atoms with Gasteiger partial charge in [0, 0.05) is 26.9 Å². The molecule has 0 heterocycles. The molecule has 0 fully saturated rings. The van der Waals surface area contributed by atoms with Crippen molar-refractivity contribution in [2.24, 2.45) is 0 Å². The zero-order valence-electron chi connectivity index (χ0n) is 16.0. The van der Waals surface area contributed by atoms with E-state index in [0.29, 0.717) is 32.0 Å². The molecule has 0 atom stereocenters. The first-order chi connectivity index (χ1) is 12.0. The summed E-state index contributed by atoms with van der Waals surface area (Å²) in [4.78, 5) is 12.1. The minimum atomic E-state index is -3.28. The normalized spacial score (nSPS) is 12.4. The SMILES string of the molecule is CCCOC(=O)/C(C)=C/[Si](OCCOC)(OCCOC)OCCOC. The van der Waals surface area contributed by atoms with Crippen molar-refractivity contribution < 1.29 is 37.0 Å². The molecule has 0 N–H and O–H groups in total. The summed E-state index contributed by atoms with van der Waals surface area (Å²) < 4.78 is 37.8. The van der Waals surface area contributed by atoms with Crippen LogP contribution < -0.4 is 0 Å². The summed E-state index contributed by atoms with van der Waals surface area (Å²) in [5.41, 5.74) is 1.98. The van der Waals surface area contributed by atoms with Crippen LogP contribution in [0.2, 0.25) is 0 Å². The van der Waals surface area contributed by atoms with Gasteiger partial charge >= 0.3 is 14.8 Å². The average molecular weight is 381 g/mol. The Morgan fingerprint density at radius 1 is 0.800 bits per heavy atom. The van der Waals surface area contributed by atoms with Crippen LogP contribution in [0.4, 0.5) is 0 Å². The largest absolute Gasteiger partial charge is 0.530 e. The van der Waals surface area contributed by atoms with Crippen LogP contribution in [0.25, 0.3) is 0 Å². The molecule has 25 heavy (non-hydrogen) atoms. The Balaban J connectivity index is 5.24. The number of hydrogen-bond donors (Lipinski definition) is 0. The first kappa shape index (κ1) is 24.2. The fraction of sp³-hybridized carbons (Fsp3) is 0.812. The van der Waals surface area contributed by atoms with E-state index in [9.17, 15) is 4.79 Å². The minimum Gasteiger partial charge on any atom is -0.462 e. The maximum absolute atomic E-state index is 12.1. The molecule has 0 unspecified atom stereocenters. The Morgan fingerprint density at radius 2 is 1.24 bits per heavy atom. The lowest BCUT2D eigenvalue weighted by atomic mass is 10.4. The van der Waals surface area contributed by atoms with E-state index < -0.39 is 14.8 Å². The van der Waals surface area contributed by atoms with Crippen LogP contribution in [0.5, 0.6) is 0 Å². The first-order valence-corrected chi connectivity index (χ1v) is 10.1. The molecule has 0 amide bonds. The lowest BCUT2D eigenvalue weighted by Gasteiger charge is -2.27. The van der Waals surface area contributed by atoms with Gasteiger partial charge in [-0.25, -0.2) is 4.79 Å². The van der Waals surface area contributed by atoms with Gasteiger partial charge in [0.1, 0.15) is 0 Å². The van der Waals surface area contributed by atoms with Crippen molar-refractivity contribution in [3.63, 3.8) is 0 Å². The highest BCUT2D eigenvalue weighted by molar-refractivity contribution is 6.66. The van der Waals surface area contributed by atoms with Crippen LogP contribution in [0.3, 0.4) is 0 Å². The fourth-order valence-corrected chi connectivity index (χ4v) is 3.94. The van der Waals surface area contributed by atoms with Gasteiger partial charge in [0.05, 0.1) is 46.2 Å². The van der Waals surface area contributed by atoms with Crippen LogP contribution in [0, 0.1) is 0 Å². The van der Waals surface area contributed by atoms with E-state index in [1.165, 1.54) is 0 Å². The zero-order chi connectivity index (χ0) is 19.0. The molecule has 8 nitrogen and oxygen atoms in total. The topological polar surface area (TPSA) is 81.7 Å². The Kier molecular flexibility index (Phi) is 14.9. The van der Waals surface area contributed by atoms with Crippen LogP contribution in [0.15, 0.2) is 11.3 Å². The molecular weight excluding hydrogens is 348 g/mol. The van der Waals surface area contributed by atoms with Crippen molar-refractivity contribution in [3.05, 3.63) is 11.3 Å². The second-order valence-corrected chi connectivity index (χ2v) is 7.45. The molecule has 148 valence electrons. The molecule has 0 radical (unpaired) electrons. The monoisotopic (exact) mass is 380 g/mol. The summed E-state index contributed by atoms with van der Waals surface area (Å²) in [7, 11) is 1.46. The summed E-state index contributed by atoms with van der Waals surface area (Å²) >= 11 is 0. The molecular formula is C16H32O8Si. The third-order valence-electron chi connectivity index (χ3n) is 2.92. The quantitative estimate of drug-likeness (QED) is 0.172. The van der Waals surface area contributed by atoms with Crippen molar-refractivity contribution in [2.45, 2.75) is 20.3 Å². The average Bonchev–Trinajstić information content (AvgIpc) is 2.60. The van der Waals surface area contributed by atoms with E-state index in [1.54, 1.807) is 34.0 Å². The summed E-state index contributed by atoms with van der Waals surface area (Å²) in [5.74, 6) is -0.417. The van der Waals surface area contributed by atoms with E-state index in [4.69, 9.17) is 32.2 Å². The highest BCUT2D eigenvalue weighted by Gasteiger charge is 2.40. The van der Waals surface area contributed by atoms with Crippen LogP contribution in [-0.4, -0.2) is 82.4 Å². The predicted molar refractivity (Wildman–Crippen MR) is 94.2 cm³/mol. The lowest BCUT2D eigenvalue weighted by Crippen LogP contribution is -2.47. The van der Waals surface area contributed by atoms with E-state index in [-0.39, 0.29) is 19.8 Å². The standard InChI is InChI=1S/C16H32O8Si/c1-6-7-21-16(17)15(2)14-25(22-11-8-18-3,23-12-9-19-4)24-13-10-20-5/h14H,6-13H2,1-5H3/b15-14+. The van der Waals surface area contributed by atoms with Crippen LogP contribution in [-0.2, 0) is 37.0 Å². The Labute approximate surface area is 151 Å². The second-order valence-electron chi connectivity index (χ2n) is 5.09. The van der Waals surface area contributed by atoms with Crippen LogP contribution >= 0.6 is 0 Å². The number of carbonyl (C=O) groups excluding carboxylic acids is 1. The van der Waals surface area contributed by atoms with E-state index in [1.807, 2.05) is 6.92 Å². The molecule has 0 aliphatic heterocycles. The molecule has 9 heteroatoms. The molecule has 0 saturated heterocycles. The number of carbonyl (C=O) groups is 1. The van der Waals surface area contributed by atoms with Gasteiger partial charge in [0.15, 0.2) is 0 Å². The third kappa shape index (κ3) is 11.4. The number of rotatable bonds is 16. The Bertz CT molecular complexity index is 349. The van der Waals surface area contributed by atoms with E-state index in [2.05, 4.69) is 0 Å². The van der Waals surface area contributed by atoms with Gasteiger partial charge in [-0.05, 0) is 19.0 Å². The summed E-state index contributed by atoms with van der Waals surface area (Å²) in [6, 6.07) is 0.